The van der Waals surface area contributed by atoms with Crippen LogP contribution in [0, 0.1) is 5.92 Å². The van der Waals surface area contributed by atoms with Crippen molar-refractivity contribution in [2.75, 3.05) is 0 Å². The lowest BCUT2D eigenvalue weighted by molar-refractivity contribution is -0.128. The van der Waals surface area contributed by atoms with Crippen LogP contribution in [0.3, 0.4) is 0 Å². The predicted molar refractivity (Wildman–Crippen MR) is 158 cm³/mol. The number of aliphatic hydroxyl groups excluding tert-OH is 3. The van der Waals surface area contributed by atoms with Gasteiger partial charge in [0.25, 0.3) is 0 Å². The van der Waals surface area contributed by atoms with Crippen LogP contribution in [0.1, 0.15) is 61.6 Å². The molecule has 3 aromatic carbocycles. The number of alkyl carbamates (subject to hydrolysis) is 1. The summed E-state index contributed by atoms with van der Waals surface area (Å²) in [6, 6.07) is 21.3. The number of phenols is 1. The Morgan fingerprint density at radius 1 is 0.881 bits per heavy atom. The van der Waals surface area contributed by atoms with Gasteiger partial charge in [-0.1, -0.05) is 66.7 Å². The lowest BCUT2D eigenvalue weighted by atomic mass is 9.88. The number of fused-ring (bicyclic) bond motifs is 1. The number of hydrogen-bond donors (Lipinski definition) is 6. The van der Waals surface area contributed by atoms with Crippen molar-refractivity contribution in [3.05, 3.63) is 101 Å². The van der Waals surface area contributed by atoms with E-state index in [-0.39, 0.29) is 18.6 Å². The summed E-state index contributed by atoms with van der Waals surface area (Å²) >= 11 is 0. The molecule has 1 aliphatic rings. The molecule has 4 rings (SSSR count). The number of nitrogens with one attached hydrogen (secondary N) is 2. The fourth-order valence-corrected chi connectivity index (χ4v) is 5.36. The maximum atomic E-state index is 13.8. The van der Waals surface area contributed by atoms with Crippen molar-refractivity contribution in [1.82, 2.24) is 10.6 Å². The second-order valence-electron chi connectivity index (χ2n) is 11.9. The molecule has 6 atom stereocenters. The summed E-state index contributed by atoms with van der Waals surface area (Å²) in [5.41, 5.74) is 1.98. The Hall–Kier alpha value is -3.92. The van der Waals surface area contributed by atoms with Crippen LogP contribution >= 0.6 is 0 Å². The van der Waals surface area contributed by atoms with Gasteiger partial charge in [-0.15, -0.1) is 0 Å². The molecule has 0 heterocycles. The molecular formula is C33H40N2O7. The molecule has 9 heteroatoms. The second-order valence-corrected chi connectivity index (χ2v) is 11.9. The summed E-state index contributed by atoms with van der Waals surface area (Å²) < 4.78 is 5.44. The predicted octanol–water partition coefficient (Wildman–Crippen LogP) is 3.70. The van der Waals surface area contributed by atoms with E-state index >= 15 is 0 Å². The van der Waals surface area contributed by atoms with E-state index in [0.29, 0.717) is 23.1 Å². The van der Waals surface area contributed by atoms with E-state index in [4.69, 9.17) is 4.74 Å². The van der Waals surface area contributed by atoms with E-state index in [1.54, 1.807) is 63.2 Å². The number of hydrogen-bond acceptors (Lipinski definition) is 7. The summed E-state index contributed by atoms with van der Waals surface area (Å²) in [5.74, 6) is -1.21. The van der Waals surface area contributed by atoms with Gasteiger partial charge in [0.2, 0.25) is 5.91 Å². The summed E-state index contributed by atoms with van der Waals surface area (Å²) in [4.78, 5) is 26.5. The molecule has 3 aromatic rings. The zero-order chi connectivity index (χ0) is 30.4. The summed E-state index contributed by atoms with van der Waals surface area (Å²) in [5, 5.41) is 48.5. The van der Waals surface area contributed by atoms with Crippen molar-refractivity contribution < 1.29 is 34.8 Å². The molecule has 224 valence electrons. The van der Waals surface area contributed by atoms with Gasteiger partial charge in [0.05, 0.1) is 18.2 Å². The van der Waals surface area contributed by atoms with E-state index in [2.05, 4.69) is 10.6 Å². The Labute approximate surface area is 246 Å². The van der Waals surface area contributed by atoms with Crippen LogP contribution in [0.5, 0.6) is 5.75 Å². The van der Waals surface area contributed by atoms with Gasteiger partial charge in [0.15, 0.2) is 0 Å². The molecular weight excluding hydrogens is 536 g/mol. The van der Waals surface area contributed by atoms with Crippen LogP contribution in [0.15, 0.2) is 78.9 Å². The monoisotopic (exact) mass is 576 g/mol. The second kappa shape index (κ2) is 13.4. The normalized spacial score (nSPS) is 20.2. The first-order valence-electron chi connectivity index (χ1n) is 14.2. The summed E-state index contributed by atoms with van der Waals surface area (Å²) in [6.07, 6.45) is -3.79. The molecule has 9 nitrogen and oxygen atoms in total. The number of phenolic OH excluding ortho intramolecular Hbond substituents is 1. The Morgan fingerprint density at radius 2 is 1.52 bits per heavy atom. The minimum atomic E-state index is -1.24. The molecule has 0 aromatic heterocycles. The molecule has 0 aliphatic heterocycles. The van der Waals surface area contributed by atoms with Crippen LogP contribution in [0.25, 0.3) is 0 Å². The van der Waals surface area contributed by atoms with E-state index in [1.807, 2.05) is 30.3 Å². The molecule has 0 saturated heterocycles. The summed E-state index contributed by atoms with van der Waals surface area (Å²) in [6.45, 7) is 5.24. The van der Waals surface area contributed by atoms with E-state index in [9.17, 15) is 30.0 Å². The molecule has 0 unspecified atom stereocenters. The lowest BCUT2D eigenvalue weighted by Crippen LogP contribution is -2.48. The van der Waals surface area contributed by atoms with Crippen molar-refractivity contribution in [2.45, 2.75) is 76.0 Å². The van der Waals surface area contributed by atoms with Crippen molar-refractivity contribution in [3.8, 4) is 5.75 Å². The molecule has 0 radical (unpaired) electrons. The van der Waals surface area contributed by atoms with E-state index < -0.39 is 53.9 Å². The third kappa shape index (κ3) is 8.09. The van der Waals surface area contributed by atoms with E-state index in [1.165, 1.54) is 6.07 Å². The summed E-state index contributed by atoms with van der Waals surface area (Å²) in [7, 11) is 0. The molecule has 42 heavy (non-hydrogen) atoms. The number of amides is 2. The smallest absolute Gasteiger partial charge is 0.407 e. The zero-order valence-electron chi connectivity index (χ0n) is 24.1. The van der Waals surface area contributed by atoms with Crippen LogP contribution in [0.2, 0.25) is 0 Å². The van der Waals surface area contributed by atoms with E-state index in [0.717, 1.165) is 5.56 Å². The largest absolute Gasteiger partial charge is 0.508 e. The highest BCUT2D eigenvalue weighted by atomic mass is 16.6. The quantitative estimate of drug-likeness (QED) is 0.216. The Morgan fingerprint density at radius 3 is 2.19 bits per heavy atom. The lowest BCUT2D eigenvalue weighted by Gasteiger charge is -2.30. The van der Waals surface area contributed by atoms with Crippen molar-refractivity contribution >= 4 is 12.0 Å². The number of carbonyl (C=O) groups is 2. The molecule has 0 saturated carbocycles. The Kier molecular flexibility index (Phi) is 9.88. The molecule has 0 spiro atoms. The fraction of sp³-hybridized carbons (Fsp3) is 0.394. The Balaban J connectivity index is 1.58. The standard InChI is InChI=1S/C33H40N2O7/c1-33(2,3)42-32(41)34-26(18-20-10-5-4-6-11-20)27(37)19-22(16-21-12-9-13-23(36)17-21)31(40)35-28-24-14-7-8-15-25(24)29(38)30(28)39/h4-15,17,22,26-30,36-39H,16,18-19H2,1-3H3,(H,34,41)(H,35,40)/t22-,26+,27+,28+,29-,30+/m1/s1. The molecule has 2 amide bonds. The van der Waals surface area contributed by atoms with Crippen LogP contribution in [0.4, 0.5) is 4.79 Å². The van der Waals surface area contributed by atoms with Crippen LogP contribution in [-0.4, -0.2) is 56.3 Å². The average molecular weight is 577 g/mol. The van der Waals surface area contributed by atoms with Gasteiger partial charge in [-0.25, -0.2) is 4.79 Å². The number of aromatic hydroxyl groups is 1. The zero-order valence-corrected chi connectivity index (χ0v) is 24.1. The van der Waals surface area contributed by atoms with Gasteiger partial charge in [-0.3, -0.25) is 4.79 Å². The van der Waals surface area contributed by atoms with Gasteiger partial charge in [0.1, 0.15) is 23.6 Å². The third-order valence-corrected chi connectivity index (χ3v) is 7.37. The van der Waals surface area contributed by atoms with Gasteiger partial charge < -0.3 is 35.8 Å². The van der Waals surface area contributed by atoms with Crippen LogP contribution < -0.4 is 10.6 Å². The molecule has 1 aliphatic carbocycles. The number of rotatable bonds is 10. The van der Waals surface area contributed by atoms with Gasteiger partial charge >= 0.3 is 6.09 Å². The van der Waals surface area contributed by atoms with Crippen molar-refractivity contribution in [1.29, 1.82) is 0 Å². The highest BCUT2D eigenvalue weighted by molar-refractivity contribution is 5.80. The number of carbonyl (C=O) groups excluding carboxylic acids is 2. The average Bonchev–Trinajstić information content (AvgIpc) is 3.16. The highest BCUT2D eigenvalue weighted by Gasteiger charge is 2.40. The van der Waals surface area contributed by atoms with Gasteiger partial charge in [-0.05, 0) is 74.4 Å². The van der Waals surface area contributed by atoms with Gasteiger partial charge in [-0.2, -0.15) is 0 Å². The van der Waals surface area contributed by atoms with Gasteiger partial charge in [0, 0.05) is 5.92 Å². The minimum absolute atomic E-state index is 0.0399. The minimum Gasteiger partial charge on any atom is -0.508 e. The van der Waals surface area contributed by atoms with Crippen molar-refractivity contribution in [2.24, 2.45) is 5.92 Å². The molecule has 6 N–H and O–H groups in total. The number of benzene rings is 3. The first-order chi connectivity index (χ1) is 19.9. The Bertz CT molecular complexity index is 1360. The fourth-order valence-electron chi connectivity index (χ4n) is 5.36. The first-order valence-corrected chi connectivity index (χ1v) is 14.2. The molecule has 0 fully saturated rings. The SMILES string of the molecule is CC(C)(C)OC(=O)N[C@@H](Cc1ccccc1)[C@@H](O)C[C@@H](Cc1cccc(O)c1)C(=O)N[C@H]1c2ccccc2[C@@H](O)[C@H]1O. The first kappa shape index (κ1) is 31.0. The topological polar surface area (TPSA) is 148 Å². The third-order valence-electron chi connectivity index (χ3n) is 7.37. The highest BCUT2D eigenvalue weighted by Crippen LogP contribution is 2.39. The number of aliphatic hydroxyl groups is 3. The maximum absolute atomic E-state index is 13.8. The number of ether oxygens (including phenoxy) is 1. The maximum Gasteiger partial charge on any atom is 0.407 e. The van der Waals surface area contributed by atoms with Crippen LogP contribution in [-0.2, 0) is 22.4 Å². The molecule has 0 bridgehead atoms. The van der Waals surface area contributed by atoms with Crippen molar-refractivity contribution in [3.63, 3.8) is 0 Å².